The minimum atomic E-state index is 0. The van der Waals surface area contributed by atoms with Crippen molar-refractivity contribution >= 4 is 27.1 Å². The van der Waals surface area contributed by atoms with Crippen LogP contribution < -0.4 is 35.8 Å². The van der Waals surface area contributed by atoms with E-state index in [-0.39, 0.29) is 17.9 Å². The molecule has 7 heteroatoms. The average molecular weight is 418 g/mol. The molecule has 0 aliphatic carbocycles. The van der Waals surface area contributed by atoms with Crippen molar-refractivity contribution in [2.45, 2.75) is 6.92 Å². The molecule has 0 amide bonds. The summed E-state index contributed by atoms with van der Waals surface area (Å²) in [5.74, 6) is 2.87. The molecular formula is C22H24ClNO5. The number of nitrogens with zero attached hydrogens (tertiary/aromatic N) is 1. The minimum absolute atomic E-state index is 0. The summed E-state index contributed by atoms with van der Waals surface area (Å²) in [6, 6.07) is 12.3. The fourth-order valence-electron chi connectivity index (χ4n) is 3.66. The van der Waals surface area contributed by atoms with E-state index < -0.39 is 0 Å². The molecule has 6 nitrogen and oxygen atoms in total. The average Bonchev–Trinajstić information content (AvgIpc) is 2.71. The number of fused-ring (bicyclic) bond motifs is 4. The molecular weight excluding hydrogens is 394 g/mol. The van der Waals surface area contributed by atoms with Gasteiger partial charge in [-0.1, -0.05) is 0 Å². The predicted octanol–water partition coefficient (Wildman–Crippen LogP) is 0.254. The van der Waals surface area contributed by atoms with Crippen LogP contribution in [0.1, 0.15) is 5.69 Å². The third-order valence-electron chi connectivity index (χ3n) is 5.09. The minimum Gasteiger partial charge on any atom is -1.00 e. The number of ether oxygens (including phenoxy) is 4. The Labute approximate surface area is 175 Å². The quantitative estimate of drug-likeness (QED) is 0.271. The van der Waals surface area contributed by atoms with Gasteiger partial charge in [0.2, 0.25) is 5.52 Å². The summed E-state index contributed by atoms with van der Waals surface area (Å²) in [7, 11) is 6.61. The van der Waals surface area contributed by atoms with Gasteiger partial charge in [0, 0.05) is 19.1 Å². The first kappa shape index (κ1) is 22.3. The summed E-state index contributed by atoms with van der Waals surface area (Å²) < 4.78 is 24.1. The van der Waals surface area contributed by atoms with Gasteiger partial charge >= 0.3 is 0 Å². The van der Waals surface area contributed by atoms with Crippen LogP contribution in [0.4, 0.5) is 0 Å². The molecule has 2 heterocycles. The Morgan fingerprint density at radius 3 is 1.69 bits per heavy atom. The van der Waals surface area contributed by atoms with E-state index in [2.05, 4.69) is 29.7 Å². The number of aromatic nitrogens is 1. The maximum absolute atomic E-state index is 5.51. The second-order valence-electron chi connectivity index (χ2n) is 6.39. The summed E-state index contributed by atoms with van der Waals surface area (Å²) in [5, 5.41) is 4.39. The molecule has 0 unspecified atom stereocenters. The molecule has 29 heavy (non-hydrogen) atoms. The Morgan fingerprint density at radius 1 is 0.655 bits per heavy atom. The maximum atomic E-state index is 5.51. The van der Waals surface area contributed by atoms with Crippen LogP contribution in [0, 0.1) is 6.92 Å². The SMILES string of the molecule is COc1cc2cc3c4cc(OC)c(OC)cc4cc[n+]3c(C)c2cc1OC.O.[Cl-]. The van der Waals surface area contributed by atoms with E-state index in [1.165, 1.54) is 0 Å². The van der Waals surface area contributed by atoms with Gasteiger partial charge in [0.25, 0.3) is 0 Å². The lowest BCUT2D eigenvalue weighted by Crippen LogP contribution is -3.00. The van der Waals surface area contributed by atoms with Gasteiger partial charge in [-0.05, 0) is 35.0 Å². The summed E-state index contributed by atoms with van der Waals surface area (Å²) >= 11 is 0. The summed E-state index contributed by atoms with van der Waals surface area (Å²) in [5.41, 5.74) is 2.21. The Morgan fingerprint density at radius 2 is 1.14 bits per heavy atom. The molecule has 0 spiro atoms. The van der Waals surface area contributed by atoms with Crippen molar-refractivity contribution in [2.24, 2.45) is 0 Å². The highest BCUT2D eigenvalue weighted by molar-refractivity contribution is 6.00. The van der Waals surface area contributed by atoms with Crippen molar-refractivity contribution in [1.82, 2.24) is 0 Å². The first-order valence-corrected chi connectivity index (χ1v) is 8.66. The predicted molar refractivity (Wildman–Crippen MR) is 109 cm³/mol. The lowest BCUT2D eigenvalue weighted by atomic mass is 10.0. The first-order chi connectivity index (χ1) is 13.1. The zero-order chi connectivity index (χ0) is 19.1. The monoisotopic (exact) mass is 417 g/mol. The number of hydrogen-bond acceptors (Lipinski definition) is 4. The van der Waals surface area contributed by atoms with Gasteiger partial charge in [0.15, 0.2) is 34.9 Å². The molecule has 4 rings (SSSR count). The van der Waals surface area contributed by atoms with E-state index in [1.807, 2.05) is 24.3 Å². The van der Waals surface area contributed by atoms with Gasteiger partial charge in [0.1, 0.15) is 0 Å². The molecule has 0 aliphatic rings. The van der Waals surface area contributed by atoms with E-state index >= 15 is 0 Å². The van der Waals surface area contributed by atoms with Crippen molar-refractivity contribution in [1.29, 1.82) is 0 Å². The molecule has 4 aromatic rings. The molecule has 2 aromatic heterocycles. The topological polar surface area (TPSA) is 72.5 Å². The summed E-state index contributed by atoms with van der Waals surface area (Å²) in [4.78, 5) is 0. The molecule has 0 bridgehead atoms. The highest BCUT2D eigenvalue weighted by Gasteiger charge is 2.19. The summed E-state index contributed by atoms with van der Waals surface area (Å²) in [6.45, 7) is 2.10. The van der Waals surface area contributed by atoms with Gasteiger partial charge in [-0.25, -0.2) is 0 Å². The van der Waals surface area contributed by atoms with Crippen LogP contribution >= 0.6 is 0 Å². The van der Waals surface area contributed by atoms with Crippen molar-refractivity contribution in [3.05, 3.63) is 48.3 Å². The smallest absolute Gasteiger partial charge is 0.219 e. The van der Waals surface area contributed by atoms with Crippen LogP contribution in [0.2, 0.25) is 0 Å². The van der Waals surface area contributed by atoms with Crippen LogP contribution in [-0.2, 0) is 0 Å². The number of halogens is 1. The standard InChI is InChI=1S/C22H22NO4.ClH.H2O/c1-13-16-11-21(26-4)20(25-3)10-15(16)8-18-17-12-22(27-5)19(24-2)9-14(17)6-7-23(13)18;;/h6-12H,1-5H3;1H;1H2/q+1;;/p-1. The van der Waals surface area contributed by atoms with Crippen molar-refractivity contribution in [3.8, 4) is 23.0 Å². The second kappa shape index (κ2) is 8.59. The Balaban J connectivity index is 0.00000150. The number of pyridine rings is 2. The fraction of sp³-hybridized carbons (Fsp3) is 0.227. The zero-order valence-corrected chi connectivity index (χ0v) is 17.8. The molecule has 0 saturated heterocycles. The molecule has 2 aromatic carbocycles. The van der Waals surface area contributed by atoms with Crippen molar-refractivity contribution in [2.75, 3.05) is 28.4 Å². The van der Waals surface area contributed by atoms with Gasteiger partial charge in [-0.3, -0.25) is 0 Å². The van der Waals surface area contributed by atoms with Crippen LogP contribution in [0.15, 0.2) is 42.6 Å². The molecule has 0 aliphatic heterocycles. The van der Waals surface area contributed by atoms with Gasteiger partial charge in [-0.15, -0.1) is 0 Å². The number of aryl methyl sites for hydroxylation is 1. The van der Waals surface area contributed by atoms with E-state index in [9.17, 15) is 0 Å². The maximum Gasteiger partial charge on any atom is 0.219 e. The summed E-state index contributed by atoms with van der Waals surface area (Å²) in [6.07, 6.45) is 2.08. The third-order valence-corrected chi connectivity index (χ3v) is 5.09. The molecule has 0 saturated carbocycles. The number of hydrogen-bond donors (Lipinski definition) is 0. The van der Waals surface area contributed by atoms with E-state index in [4.69, 9.17) is 18.9 Å². The molecule has 154 valence electrons. The van der Waals surface area contributed by atoms with Crippen LogP contribution in [-0.4, -0.2) is 33.9 Å². The third kappa shape index (κ3) is 3.45. The van der Waals surface area contributed by atoms with E-state index in [1.54, 1.807) is 28.4 Å². The molecule has 2 N–H and O–H groups in total. The zero-order valence-electron chi connectivity index (χ0n) is 17.0. The first-order valence-electron chi connectivity index (χ1n) is 8.66. The van der Waals surface area contributed by atoms with Gasteiger partial charge < -0.3 is 36.8 Å². The van der Waals surface area contributed by atoms with Gasteiger partial charge in [0.05, 0.1) is 39.2 Å². The van der Waals surface area contributed by atoms with E-state index in [0.717, 1.165) is 44.3 Å². The lowest BCUT2D eigenvalue weighted by Gasteiger charge is -2.11. The Kier molecular flexibility index (Phi) is 6.62. The van der Waals surface area contributed by atoms with Crippen molar-refractivity contribution < 1.29 is 41.2 Å². The molecule has 0 atom stereocenters. The van der Waals surface area contributed by atoms with Crippen LogP contribution in [0.3, 0.4) is 0 Å². The van der Waals surface area contributed by atoms with Crippen LogP contribution in [0.25, 0.3) is 27.1 Å². The van der Waals surface area contributed by atoms with Crippen LogP contribution in [0.5, 0.6) is 23.0 Å². The highest BCUT2D eigenvalue weighted by Crippen LogP contribution is 2.36. The number of methoxy groups -OCH3 is 4. The number of rotatable bonds is 4. The second-order valence-corrected chi connectivity index (χ2v) is 6.39. The Hall–Kier alpha value is -2.96. The highest BCUT2D eigenvalue weighted by atomic mass is 35.5. The molecule has 0 fully saturated rings. The van der Waals surface area contributed by atoms with Crippen molar-refractivity contribution in [3.63, 3.8) is 0 Å². The largest absolute Gasteiger partial charge is 1.00 e. The van der Waals surface area contributed by atoms with E-state index in [0.29, 0.717) is 11.5 Å². The molecule has 0 radical (unpaired) electrons. The van der Waals surface area contributed by atoms with Gasteiger partial charge in [-0.2, -0.15) is 4.40 Å². The number of benzene rings is 2. The lowest BCUT2D eigenvalue weighted by molar-refractivity contribution is -0.516. The fourth-order valence-corrected chi connectivity index (χ4v) is 3.66. The normalized spacial score (nSPS) is 10.4. The Bertz CT molecular complexity index is 1190.